The molecule has 5 heteroatoms. The molecule has 0 aliphatic heterocycles. The molecule has 2 aromatic heterocycles. The predicted molar refractivity (Wildman–Crippen MR) is 74.9 cm³/mol. The van der Waals surface area contributed by atoms with E-state index in [4.69, 9.17) is 4.52 Å². The van der Waals surface area contributed by atoms with Gasteiger partial charge < -0.3 is 9.63 Å². The molecule has 2 aromatic rings. The van der Waals surface area contributed by atoms with Gasteiger partial charge in [-0.3, -0.25) is 4.90 Å². The number of aromatic nitrogens is 1. The molecule has 0 aromatic carbocycles. The maximum Gasteiger partial charge on any atom is 0.177 e. The summed E-state index contributed by atoms with van der Waals surface area (Å²) < 4.78 is 5.35. The quantitative estimate of drug-likeness (QED) is 0.882. The van der Waals surface area contributed by atoms with Gasteiger partial charge >= 0.3 is 0 Å². The van der Waals surface area contributed by atoms with Crippen molar-refractivity contribution in [3.05, 3.63) is 29.3 Å². The fourth-order valence-corrected chi connectivity index (χ4v) is 2.88. The van der Waals surface area contributed by atoms with Gasteiger partial charge in [0.25, 0.3) is 0 Å². The van der Waals surface area contributed by atoms with Crippen molar-refractivity contribution < 1.29 is 9.63 Å². The largest absolute Gasteiger partial charge is 0.392 e. The molecule has 102 valence electrons. The van der Waals surface area contributed by atoms with Crippen LogP contribution in [0.5, 0.6) is 0 Å². The second-order valence-electron chi connectivity index (χ2n) is 5.26. The summed E-state index contributed by atoms with van der Waals surface area (Å²) in [6.07, 6.45) is 2.14. The molecule has 1 atom stereocenters. The van der Waals surface area contributed by atoms with Crippen LogP contribution in [0.1, 0.15) is 18.5 Å². The number of aliphatic hydroxyl groups is 1. The lowest BCUT2D eigenvalue weighted by molar-refractivity contribution is 0.103. The molecule has 0 amide bonds. The van der Waals surface area contributed by atoms with Crippen LogP contribution in [0, 0.1) is 5.92 Å². The fourth-order valence-electron chi connectivity index (χ4n) is 2.21. The average molecular weight is 278 g/mol. The second-order valence-corrected chi connectivity index (χ2v) is 6.21. The molecule has 1 N–H and O–H groups in total. The minimum atomic E-state index is -0.200. The minimum absolute atomic E-state index is 0.200. The number of nitrogens with zero attached hydrogens (tertiary/aromatic N) is 2. The zero-order valence-electron chi connectivity index (χ0n) is 11.0. The lowest BCUT2D eigenvalue weighted by atomic mass is 10.2. The number of likely N-dealkylation sites (N-methyl/N-ethyl adjacent to an activating group) is 1. The molecule has 0 radical (unpaired) electrons. The van der Waals surface area contributed by atoms with Gasteiger partial charge in [-0.15, -0.1) is 11.3 Å². The summed E-state index contributed by atoms with van der Waals surface area (Å²) in [5.41, 5.74) is 0.911. The van der Waals surface area contributed by atoms with E-state index in [-0.39, 0.29) is 6.10 Å². The number of thiophene rings is 1. The van der Waals surface area contributed by atoms with Crippen molar-refractivity contribution >= 4 is 11.3 Å². The van der Waals surface area contributed by atoms with E-state index >= 15 is 0 Å². The van der Waals surface area contributed by atoms with Gasteiger partial charge in [0.1, 0.15) is 0 Å². The summed E-state index contributed by atoms with van der Waals surface area (Å²) in [4.78, 5) is 3.19. The molecule has 1 aliphatic rings. The summed E-state index contributed by atoms with van der Waals surface area (Å²) >= 11 is 1.64. The van der Waals surface area contributed by atoms with Gasteiger partial charge in [-0.1, -0.05) is 11.2 Å². The molecule has 4 nitrogen and oxygen atoms in total. The highest BCUT2D eigenvalue weighted by Gasteiger charge is 2.30. The zero-order valence-corrected chi connectivity index (χ0v) is 11.8. The molecule has 1 aliphatic carbocycles. The normalized spacial score (nSPS) is 17.0. The highest BCUT2D eigenvalue weighted by Crippen LogP contribution is 2.33. The summed E-state index contributed by atoms with van der Waals surface area (Å²) in [5, 5.41) is 16.0. The summed E-state index contributed by atoms with van der Waals surface area (Å²) in [7, 11) is 2.01. The Bertz CT molecular complexity index is 519. The molecule has 2 heterocycles. The lowest BCUT2D eigenvalue weighted by Crippen LogP contribution is -2.30. The van der Waals surface area contributed by atoms with Crippen molar-refractivity contribution in [2.45, 2.75) is 25.5 Å². The molecule has 0 saturated heterocycles. The maximum absolute atomic E-state index is 9.91. The fraction of sp³-hybridized carbons (Fsp3) is 0.500. The Balaban J connectivity index is 1.57. The van der Waals surface area contributed by atoms with Crippen LogP contribution in [-0.2, 0) is 6.54 Å². The van der Waals surface area contributed by atoms with Gasteiger partial charge in [0, 0.05) is 19.2 Å². The van der Waals surface area contributed by atoms with E-state index in [0.29, 0.717) is 19.0 Å². The second kappa shape index (κ2) is 5.45. The Morgan fingerprint density at radius 3 is 3.11 bits per heavy atom. The van der Waals surface area contributed by atoms with Crippen LogP contribution in [0.4, 0.5) is 0 Å². The predicted octanol–water partition coefficient (Wildman–Crippen LogP) is 2.61. The standard InChI is InChI=1S/C14H18N2O2S/c1-16(9-12(17)10-4-5-10)8-11-7-13(18-15-11)14-3-2-6-19-14/h2-3,6-7,10,12,17H,4-5,8-9H2,1H3. The molecule has 0 spiro atoms. The molecule has 1 saturated carbocycles. The minimum Gasteiger partial charge on any atom is -0.392 e. The third kappa shape index (κ3) is 3.23. The van der Waals surface area contributed by atoms with E-state index < -0.39 is 0 Å². The topological polar surface area (TPSA) is 49.5 Å². The van der Waals surface area contributed by atoms with Crippen molar-refractivity contribution in [2.24, 2.45) is 5.92 Å². The third-order valence-electron chi connectivity index (χ3n) is 3.42. The molecule has 19 heavy (non-hydrogen) atoms. The van der Waals surface area contributed by atoms with Crippen molar-refractivity contribution in [3.63, 3.8) is 0 Å². The summed E-state index contributed by atoms with van der Waals surface area (Å²) in [5.74, 6) is 1.34. The van der Waals surface area contributed by atoms with Crippen LogP contribution in [0.2, 0.25) is 0 Å². The highest BCUT2D eigenvalue weighted by atomic mass is 32.1. The average Bonchev–Trinajstić information content (AvgIpc) is 2.89. The summed E-state index contributed by atoms with van der Waals surface area (Å²) in [6, 6.07) is 6.00. The Hall–Kier alpha value is -1.17. The van der Waals surface area contributed by atoms with Gasteiger partial charge in [-0.25, -0.2) is 0 Å². The molecule has 0 bridgehead atoms. The van der Waals surface area contributed by atoms with Crippen molar-refractivity contribution in [1.82, 2.24) is 10.1 Å². The SMILES string of the molecule is CN(Cc1cc(-c2cccs2)on1)CC(O)C1CC1. The van der Waals surface area contributed by atoms with Crippen LogP contribution in [0.3, 0.4) is 0 Å². The first-order valence-electron chi connectivity index (χ1n) is 6.58. The van der Waals surface area contributed by atoms with E-state index in [1.165, 1.54) is 12.8 Å². The smallest absolute Gasteiger partial charge is 0.177 e. The molecule has 1 fully saturated rings. The third-order valence-corrected chi connectivity index (χ3v) is 4.30. The highest BCUT2D eigenvalue weighted by molar-refractivity contribution is 7.13. The van der Waals surface area contributed by atoms with Crippen LogP contribution >= 0.6 is 11.3 Å². The zero-order chi connectivity index (χ0) is 13.2. The van der Waals surface area contributed by atoms with Crippen LogP contribution in [-0.4, -0.2) is 34.9 Å². The lowest BCUT2D eigenvalue weighted by Gasteiger charge is -2.18. The first kappa shape index (κ1) is 12.8. The number of aliphatic hydroxyl groups excluding tert-OH is 1. The first-order valence-corrected chi connectivity index (χ1v) is 7.46. The molecular formula is C14H18N2O2S. The molecule has 1 unspecified atom stereocenters. The monoisotopic (exact) mass is 278 g/mol. The first-order chi connectivity index (χ1) is 9.22. The van der Waals surface area contributed by atoms with E-state index in [0.717, 1.165) is 16.3 Å². The summed E-state index contributed by atoms with van der Waals surface area (Å²) in [6.45, 7) is 1.41. The van der Waals surface area contributed by atoms with E-state index in [1.54, 1.807) is 11.3 Å². The Labute approximate surface area is 116 Å². The van der Waals surface area contributed by atoms with Gasteiger partial charge in [-0.2, -0.15) is 0 Å². The van der Waals surface area contributed by atoms with Crippen LogP contribution in [0.15, 0.2) is 28.1 Å². The number of rotatable bonds is 6. The maximum atomic E-state index is 9.91. The Kier molecular flexibility index (Phi) is 3.68. The number of hydrogen-bond donors (Lipinski definition) is 1. The molecule has 3 rings (SSSR count). The molecular weight excluding hydrogens is 260 g/mol. The van der Waals surface area contributed by atoms with Gasteiger partial charge in [0.2, 0.25) is 0 Å². The Morgan fingerprint density at radius 2 is 2.42 bits per heavy atom. The van der Waals surface area contributed by atoms with Gasteiger partial charge in [0.05, 0.1) is 16.7 Å². The van der Waals surface area contributed by atoms with Crippen molar-refractivity contribution in [3.8, 4) is 10.6 Å². The van der Waals surface area contributed by atoms with Crippen molar-refractivity contribution in [1.29, 1.82) is 0 Å². The van der Waals surface area contributed by atoms with Gasteiger partial charge in [0.15, 0.2) is 5.76 Å². The van der Waals surface area contributed by atoms with E-state index in [1.807, 2.05) is 30.6 Å². The van der Waals surface area contributed by atoms with Crippen LogP contribution in [0.25, 0.3) is 10.6 Å². The van der Waals surface area contributed by atoms with E-state index in [2.05, 4.69) is 10.1 Å². The van der Waals surface area contributed by atoms with Gasteiger partial charge in [-0.05, 0) is 37.3 Å². The van der Waals surface area contributed by atoms with E-state index in [9.17, 15) is 5.11 Å². The van der Waals surface area contributed by atoms with Crippen LogP contribution < -0.4 is 0 Å². The Morgan fingerprint density at radius 1 is 1.58 bits per heavy atom. The van der Waals surface area contributed by atoms with Crippen molar-refractivity contribution in [2.75, 3.05) is 13.6 Å². The number of hydrogen-bond acceptors (Lipinski definition) is 5.